The Morgan fingerprint density at radius 1 is 1.14 bits per heavy atom. The Labute approximate surface area is 165 Å². The lowest BCUT2D eigenvalue weighted by atomic mass is 10.1. The molecule has 1 fully saturated rings. The molecule has 28 heavy (non-hydrogen) atoms. The Balaban J connectivity index is 1.57. The number of ether oxygens (including phenoxy) is 1. The molecule has 3 rings (SSSR count). The summed E-state index contributed by atoms with van der Waals surface area (Å²) in [6, 6.07) is 12.4. The number of amides is 1. The van der Waals surface area contributed by atoms with Crippen molar-refractivity contribution in [3.63, 3.8) is 0 Å². The van der Waals surface area contributed by atoms with E-state index in [1.54, 1.807) is 6.07 Å². The molecule has 6 heteroatoms. The molecule has 2 atom stereocenters. The molecule has 2 aromatic rings. The van der Waals surface area contributed by atoms with Crippen LogP contribution in [0.5, 0.6) is 5.75 Å². The van der Waals surface area contributed by atoms with Crippen LogP contribution in [-0.2, 0) is 11.3 Å². The summed E-state index contributed by atoms with van der Waals surface area (Å²) < 4.78 is 18.8. The van der Waals surface area contributed by atoms with Crippen LogP contribution >= 0.6 is 0 Å². The average Bonchev–Trinajstić information content (AvgIpc) is 2.67. The quantitative estimate of drug-likeness (QED) is 0.803. The monoisotopic (exact) mass is 385 g/mol. The SMILES string of the molecule is Cc1cccc(OCC(=O)N2C[C@H](C)N(Cc3ccc(F)cc3)C[C@H]2C)c1N. The number of carbonyl (C=O) groups is 1. The maximum atomic E-state index is 13.1. The number of rotatable bonds is 5. The van der Waals surface area contributed by atoms with Crippen LogP contribution < -0.4 is 10.5 Å². The van der Waals surface area contributed by atoms with Gasteiger partial charge in [0.2, 0.25) is 0 Å². The zero-order chi connectivity index (χ0) is 20.3. The molecular formula is C22H28FN3O2. The number of hydrogen-bond donors (Lipinski definition) is 1. The molecule has 1 aliphatic heterocycles. The van der Waals surface area contributed by atoms with Crippen molar-refractivity contribution in [1.82, 2.24) is 9.80 Å². The van der Waals surface area contributed by atoms with E-state index in [9.17, 15) is 9.18 Å². The van der Waals surface area contributed by atoms with Crippen molar-refractivity contribution >= 4 is 11.6 Å². The molecule has 0 radical (unpaired) electrons. The second-order valence-corrected chi connectivity index (χ2v) is 7.58. The first kappa shape index (κ1) is 20.1. The average molecular weight is 385 g/mol. The summed E-state index contributed by atoms with van der Waals surface area (Å²) in [7, 11) is 0. The molecular weight excluding hydrogens is 357 g/mol. The lowest BCUT2D eigenvalue weighted by Gasteiger charge is -2.44. The first-order valence-electron chi connectivity index (χ1n) is 9.61. The van der Waals surface area contributed by atoms with Gasteiger partial charge in [-0.05, 0) is 50.1 Å². The van der Waals surface area contributed by atoms with Crippen LogP contribution in [0.4, 0.5) is 10.1 Å². The Morgan fingerprint density at radius 2 is 1.86 bits per heavy atom. The number of nitrogens with two attached hydrogens (primary N) is 1. The van der Waals surface area contributed by atoms with Gasteiger partial charge >= 0.3 is 0 Å². The summed E-state index contributed by atoms with van der Waals surface area (Å²) in [5, 5.41) is 0. The highest BCUT2D eigenvalue weighted by Gasteiger charge is 2.32. The van der Waals surface area contributed by atoms with Gasteiger partial charge in [0.1, 0.15) is 11.6 Å². The van der Waals surface area contributed by atoms with Gasteiger partial charge in [0.15, 0.2) is 6.61 Å². The predicted octanol–water partition coefficient (Wildman–Crippen LogP) is 3.22. The van der Waals surface area contributed by atoms with Gasteiger partial charge < -0.3 is 15.4 Å². The summed E-state index contributed by atoms with van der Waals surface area (Å²) in [6.45, 7) is 8.17. The highest BCUT2D eigenvalue weighted by atomic mass is 19.1. The summed E-state index contributed by atoms with van der Waals surface area (Å²) in [5.41, 5.74) is 8.59. The smallest absolute Gasteiger partial charge is 0.260 e. The normalized spacial score (nSPS) is 20.2. The van der Waals surface area contributed by atoms with Crippen molar-refractivity contribution in [2.45, 2.75) is 39.4 Å². The molecule has 0 unspecified atom stereocenters. The van der Waals surface area contributed by atoms with E-state index in [0.717, 1.165) is 24.2 Å². The Morgan fingerprint density at radius 3 is 2.57 bits per heavy atom. The highest BCUT2D eigenvalue weighted by Crippen LogP contribution is 2.25. The number of aryl methyl sites for hydroxylation is 1. The number of hydrogen-bond acceptors (Lipinski definition) is 4. The van der Waals surface area contributed by atoms with Gasteiger partial charge in [-0.15, -0.1) is 0 Å². The largest absolute Gasteiger partial charge is 0.482 e. The molecule has 0 spiro atoms. The van der Waals surface area contributed by atoms with Gasteiger partial charge in [0, 0.05) is 31.7 Å². The number of piperazine rings is 1. The molecule has 0 saturated carbocycles. The lowest BCUT2D eigenvalue weighted by molar-refractivity contribution is -0.139. The second-order valence-electron chi connectivity index (χ2n) is 7.58. The summed E-state index contributed by atoms with van der Waals surface area (Å²) in [4.78, 5) is 16.9. The number of para-hydroxylation sites is 1. The van der Waals surface area contributed by atoms with Gasteiger partial charge in [-0.25, -0.2) is 4.39 Å². The van der Waals surface area contributed by atoms with E-state index in [1.165, 1.54) is 12.1 Å². The van der Waals surface area contributed by atoms with Crippen molar-refractivity contribution in [3.05, 3.63) is 59.4 Å². The van der Waals surface area contributed by atoms with Crippen LogP contribution in [-0.4, -0.2) is 47.5 Å². The highest BCUT2D eigenvalue weighted by molar-refractivity contribution is 5.78. The molecule has 0 aromatic heterocycles. The Hall–Kier alpha value is -2.60. The fourth-order valence-electron chi connectivity index (χ4n) is 3.59. The Bertz CT molecular complexity index is 825. The van der Waals surface area contributed by atoms with Crippen molar-refractivity contribution in [2.24, 2.45) is 0 Å². The first-order chi connectivity index (χ1) is 13.3. The summed E-state index contributed by atoms with van der Waals surface area (Å²) in [5.74, 6) is 0.278. The third-order valence-electron chi connectivity index (χ3n) is 5.37. The molecule has 2 N–H and O–H groups in total. The lowest BCUT2D eigenvalue weighted by Crippen LogP contribution is -2.58. The van der Waals surface area contributed by atoms with Crippen molar-refractivity contribution in [3.8, 4) is 5.75 Å². The van der Waals surface area contributed by atoms with E-state index >= 15 is 0 Å². The van der Waals surface area contributed by atoms with Crippen molar-refractivity contribution < 1.29 is 13.9 Å². The minimum Gasteiger partial charge on any atom is -0.482 e. The fourth-order valence-corrected chi connectivity index (χ4v) is 3.59. The van der Waals surface area contributed by atoms with Gasteiger partial charge in [0.05, 0.1) is 5.69 Å². The molecule has 0 bridgehead atoms. The maximum Gasteiger partial charge on any atom is 0.260 e. The van der Waals surface area contributed by atoms with Crippen LogP contribution in [0.1, 0.15) is 25.0 Å². The summed E-state index contributed by atoms with van der Waals surface area (Å²) >= 11 is 0. The molecule has 1 aliphatic rings. The number of nitrogen functional groups attached to an aromatic ring is 1. The van der Waals surface area contributed by atoms with E-state index < -0.39 is 0 Å². The Kier molecular flexibility index (Phi) is 6.19. The molecule has 1 saturated heterocycles. The van der Waals surface area contributed by atoms with Crippen LogP contribution in [0.15, 0.2) is 42.5 Å². The van der Waals surface area contributed by atoms with E-state index in [2.05, 4.69) is 11.8 Å². The minimum absolute atomic E-state index is 0.0251. The van der Waals surface area contributed by atoms with Gasteiger partial charge in [-0.2, -0.15) is 0 Å². The van der Waals surface area contributed by atoms with Crippen molar-refractivity contribution in [2.75, 3.05) is 25.4 Å². The van der Waals surface area contributed by atoms with E-state index in [1.807, 2.05) is 43.0 Å². The second kappa shape index (κ2) is 8.61. The molecule has 2 aromatic carbocycles. The van der Waals surface area contributed by atoms with Crippen LogP contribution in [0.3, 0.4) is 0 Å². The first-order valence-corrected chi connectivity index (χ1v) is 9.61. The number of halogens is 1. The van der Waals surface area contributed by atoms with E-state index in [-0.39, 0.29) is 30.4 Å². The zero-order valence-corrected chi connectivity index (χ0v) is 16.7. The van der Waals surface area contributed by atoms with E-state index in [4.69, 9.17) is 10.5 Å². The molecule has 1 heterocycles. The molecule has 0 aliphatic carbocycles. The standard InChI is InChI=1S/C22H28FN3O2/c1-15-5-4-6-20(22(15)24)28-14-21(27)26-12-16(2)25(11-17(26)3)13-18-7-9-19(23)10-8-18/h4-10,16-17H,11-14,24H2,1-3H3/t16-,17+/m0/s1. The maximum absolute atomic E-state index is 13.1. The summed E-state index contributed by atoms with van der Waals surface area (Å²) in [6.07, 6.45) is 0. The predicted molar refractivity (Wildman–Crippen MR) is 109 cm³/mol. The zero-order valence-electron chi connectivity index (χ0n) is 16.7. The van der Waals surface area contributed by atoms with Crippen LogP contribution in [0.2, 0.25) is 0 Å². The molecule has 150 valence electrons. The number of nitrogens with zero attached hydrogens (tertiary/aromatic N) is 2. The third kappa shape index (κ3) is 4.62. The number of carbonyl (C=O) groups excluding carboxylic acids is 1. The van der Waals surface area contributed by atoms with Gasteiger partial charge in [-0.3, -0.25) is 9.69 Å². The van der Waals surface area contributed by atoms with Gasteiger partial charge in [0.25, 0.3) is 5.91 Å². The van der Waals surface area contributed by atoms with Crippen LogP contribution in [0.25, 0.3) is 0 Å². The van der Waals surface area contributed by atoms with E-state index in [0.29, 0.717) is 18.0 Å². The van der Waals surface area contributed by atoms with Crippen molar-refractivity contribution in [1.29, 1.82) is 0 Å². The number of anilines is 1. The fraction of sp³-hybridized carbons (Fsp3) is 0.409. The number of benzene rings is 2. The molecule has 5 nitrogen and oxygen atoms in total. The minimum atomic E-state index is -0.227. The molecule has 1 amide bonds. The topological polar surface area (TPSA) is 58.8 Å². The van der Waals surface area contributed by atoms with Gasteiger partial charge in [-0.1, -0.05) is 24.3 Å². The third-order valence-corrected chi connectivity index (χ3v) is 5.37. The van der Waals surface area contributed by atoms with Crippen LogP contribution in [0, 0.1) is 12.7 Å².